The van der Waals surface area contributed by atoms with Crippen LogP contribution in [0.5, 0.6) is 17.2 Å². The molecule has 5 rings (SSSR count). The van der Waals surface area contributed by atoms with Gasteiger partial charge in [0, 0.05) is 25.2 Å². The van der Waals surface area contributed by atoms with Crippen LogP contribution in [0.1, 0.15) is 18.1 Å². The lowest BCUT2D eigenvalue weighted by Crippen LogP contribution is -2.35. The van der Waals surface area contributed by atoms with Gasteiger partial charge in [0.05, 0.1) is 25.0 Å². The largest absolute Gasteiger partial charge is 0.494 e. The van der Waals surface area contributed by atoms with Gasteiger partial charge >= 0.3 is 0 Å². The summed E-state index contributed by atoms with van der Waals surface area (Å²) in [5, 5.41) is 0. The summed E-state index contributed by atoms with van der Waals surface area (Å²) in [7, 11) is 0. The molecule has 2 amide bonds. The van der Waals surface area contributed by atoms with Crippen molar-refractivity contribution in [2.45, 2.75) is 20.0 Å². The summed E-state index contributed by atoms with van der Waals surface area (Å²) in [6.07, 6.45) is 0. The lowest BCUT2D eigenvalue weighted by Gasteiger charge is -2.21. The van der Waals surface area contributed by atoms with E-state index < -0.39 is 0 Å². The number of amides is 2. The predicted molar refractivity (Wildman–Crippen MR) is 108 cm³/mol. The van der Waals surface area contributed by atoms with Crippen LogP contribution in [0.25, 0.3) is 0 Å². The Morgan fingerprint density at radius 1 is 0.967 bits per heavy atom. The molecule has 2 fully saturated rings. The molecule has 0 bridgehead atoms. The van der Waals surface area contributed by atoms with Gasteiger partial charge in [0.15, 0.2) is 11.5 Å². The third-order valence-corrected chi connectivity index (χ3v) is 6.01. The maximum Gasteiger partial charge on any atom is 0.234 e. The van der Waals surface area contributed by atoms with Gasteiger partial charge in [-0.25, -0.2) is 0 Å². The molecule has 3 aliphatic rings. The second-order valence-electron chi connectivity index (χ2n) is 7.90. The monoisotopic (exact) mass is 408 g/mol. The van der Waals surface area contributed by atoms with Crippen LogP contribution in [0.3, 0.4) is 0 Å². The van der Waals surface area contributed by atoms with Crippen LogP contribution in [-0.2, 0) is 22.7 Å². The summed E-state index contributed by atoms with van der Waals surface area (Å²) in [4.78, 5) is 29.6. The fourth-order valence-corrected chi connectivity index (χ4v) is 4.57. The fourth-order valence-electron chi connectivity index (χ4n) is 4.57. The Morgan fingerprint density at radius 3 is 2.47 bits per heavy atom. The summed E-state index contributed by atoms with van der Waals surface area (Å²) >= 11 is 0. The van der Waals surface area contributed by atoms with E-state index in [9.17, 15) is 9.59 Å². The van der Waals surface area contributed by atoms with E-state index in [0.29, 0.717) is 37.7 Å². The second kappa shape index (κ2) is 7.65. The molecular formula is C23H24N2O5. The zero-order valence-corrected chi connectivity index (χ0v) is 16.9. The molecule has 0 aliphatic carbocycles. The number of para-hydroxylation sites is 1. The van der Waals surface area contributed by atoms with E-state index in [1.54, 1.807) is 0 Å². The number of rotatable bonds is 6. The van der Waals surface area contributed by atoms with Crippen LogP contribution < -0.4 is 14.2 Å². The molecule has 7 nitrogen and oxygen atoms in total. The maximum atomic E-state index is 13.0. The summed E-state index contributed by atoms with van der Waals surface area (Å²) in [6.45, 7) is 4.89. The molecular weight excluding hydrogens is 384 g/mol. The lowest BCUT2D eigenvalue weighted by atomic mass is 10.00. The van der Waals surface area contributed by atoms with E-state index in [1.807, 2.05) is 49.4 Å². The SMILES string of the molecule is CCOc1ccccc1CN1C[C@@H]2C(=O)N(Cc3ccc4c(c3)OCO4)C(=O)[C@@H]2C1. The molecule has 3 aliphatic heterocycles. The first-order valence-electron chi connectivity index (χ1n) is 10.3. The minimum Gasteiger partial charge on any atom is -0.494 e. The molecule has 2 aromatic rings. The third-order valence-electron chi connectivity index (χ3n) is 6.01. The zero-order valence-electron chi connectivity index (χ0n) is 16.9. The van der Waals surface area contributed by atoms with Crippen molar-refractivity contribution >= 4 is 11.8 Å². The van der Waals surface area contributed by atoms with Gasteiger partial charge in [-0.1, -0.05) is 24.3 Å². The van der Waals surface area contributed by atoms with E-state index >= 15 is 0 Å². The Hall–Kier alpha value is -3.06. The summed E-state index contributed by atoms with van der Waals surface area (Å²) in [5.41, 5.74) is 1.94. The smallest absolute Gasteiger partial charge is 0.234 e. The van der Waals surface area contributed by atoms with Gasteiger partial charge < -0.3 is 14.2 Å². The minimum absolute atomic E-state index is 0.0803. The molecule has 0 saturated carbocycles. The van der Waals surface area contributed by atoms with Crippen LogP contribution in [0, 0.1) is 11.8 Å². The predicted octanol–water partition coefficient (Wildman–Crippen LogP) is 2.43. The van der Waals surface area contributed by atoms with E-state index in [2.05, 4.69) is 4.90 Å². The van der Waals surface area contributed by atoms with Crippen molar-refractivity contribution in [2.24, 2.45) is 11.8 Å². The summed E-state index contributed by atoms with van der Waals surface area (Å²) < 4.78 is 16.4. The highest BCUT2D eigenvalue weighted by Gasteiger charge is 2.52. The minimum atomic E-state index is -0.272. The van der Waals surface area contributed by atoms with Crippen LogP contribution >= 0.6 is 0 Å². The highest BCUT2D eigenvalue weighted by atomic mass is 16.7. The number of hydrogen-bond donors (Lipinski definition) is 0. The highest BCUT2D eigenvalue weighted by molar-refractivity contribution is 6.05. The van der Waals surface area contributed by atoms with Gasteiger partial charge in [-0.15, -0.1) is 0 Å². The number of nitrogens with zero attached hydrogens (tertiary/aromatic N) is 2. The van der Waals surface area contributed by atoms with Crippen LogP contribution in [0.15, 0.2) is 42.5 Å². The molecule has 7 heteroatoms. The second-order valence-corrected chi connectivity index (χ2v) is 7.90. The molecule has 30 heavy (non-hydrogen) atoms. The fraction of sp³-hybridized carbons (Fsp3) is 0.391. The molecule has 3 heterocycles. The number of carbonyl (C=O) groups excluding carboxylic acids is 2. The van der Waals surface area contributed by atoms with Crippen molar-refractivity contribution in [3.05, 3.63) is 53.6 Å². The van der Waals surface area contributed by atoms with E-state index in [1.165, 1.54) is 4.90 Å². The normalized spacial score (nSPS) is 22.6. The number of hydrogen-bond acceptors (Lipinski definition) is 6. The number of benzene rings is 2. The third kappa shape index (κ3) is 3.29. The molecule has 156 valence electrons. The topological polar surface area (TPSA) is 68.3 Å². The molecule has 2 atom stereocenters. The van der Waals surface area contributed by atoms with Crippen LogP contribution in [-0.4, -0.2) is 48.1 Å². The Balaban J connectivity index is 1.26. The van der Waals surface area contributed by atoms with Gasteiger partial charge in [0.1, 0.15) is 5.75 Å². The first-order chi connectivity index (χ1) is 14.6. The molecule has 0 N–H and O–H groups in total. The van der Waals surface area contributed by atoms with Crippen LogP contribution in [0.2, 0.25) is 0 Å². The Morgan fingerprint density at radius 2 is 1.70 bits per heavy atom. The molecule has 2 saturated heterocycles. The lowest BCUT2D eigenvalue weighted by molar-refractivity contribution is -0.141. The van der Waals surface area contributed by atoms with Gasteiger partial charge in [-0.2, -0.15) is 0 Å². The van der Waals surface area contributed by atoms with E-state index in [-0.39, 0.29) is 37.0 Å². The number of imide groups is 1. The zero-order chi connectivity index (χ0) is 20.7. The van der Waals surface area contributed by atoms with Crippen molar-refractivity contribution in [2.75, 3.05) is 26.5 Å². The number of fused-ring (bicyclic) bond motifs is 2. The van der Waals surface area contributed by atoms with E-state index in [0.717, 1.165) is 16.9 Å². The van der Waals surface area contributed by atoms with Crippen molar-refractivity contribution in [3.8, 4) is 17.2 Å². The summed E-state index contributed by atoms with van der Waals surface area (Å²) in [6, 6.07) is 13.5. The van der Waals surface area contributed by atoms with Crippen molar-refractivity contribution in [3.63, 3.8) is 0 Å². The maximum absolute atomic E-state index is 13.0. The first kappa shape index (κ1) is 18.9. The standard InChI is InChI=1S/C23H24N2O5/c1-2-28-19-6-4-3-5-16(19)11-24-12-17-18(13-24)23(27)25(22(17)26)10-15-7-8-20-21(9-15)30-14-29-20/h3-9,17-18H,2,10-14H2,1H3/t17-,18+. The van der Waals surface area contributed by atoms with Gasteiger partial charge in [0.2, 0.25) is 18.6 Å². The quantitative estimate of drug-likeness (QED) is 0.684. The Bertz CT molecular complexity index is 967. The van der Waals surface area contributed by atoms with E-state index in [4.69, 9.17) is 14.2 Å². The number of likely N-dealkylation sites (tertiary alicyclic amines) is 2. The highest BCUT2D eigenvalue weighted by Crippen LogP contribution is 2.37. The van der Waals surface area contributed by atoms with Crippen LogP contribution in [0.4, 0.5) is 0 Å². The molecule has 0 aromatic heterocycles. The molecule has 0 spiro atoms. The molecule has 0 radical (unpaired) electrons. The van der Waals surface area contributed by atoms with Gasteiger partial charge in [0.25, 0.3) is 0 Å². The average molecular weight is 408 g/mol. The number of carbonyl (C=O) groups is 2. The Labute approximate surface area is 175 Å². The first-order valence-corrected chi connectivity index (χ1v) is 10.3. The van der Waals surface area contributed by atoms with Crippen molar-refractivity contribution < 1.29 is 23.8 Å². The van der Waals surface area contributed by atoms with Gasteiger partial charge in [-0.05, 0) is 30.7 Å². The average Bonchev–Trinajstić information content (AvgIpc) is 3.43. The van der Waals surface area contributed by atoms with Gasteiger partial charge in [-0.3, -0.25) is 19.4 Å². The Kier molecular flexibility index (Phi) is 4.83. The summed E-state index contributed by atoms with van der Waals surface area (Å²) in [5.74, 6) is 1.51. The number of ether oxygens (including phenoxy) is 3. The van der Waals surface area contributed by atoms with Crippen molar-refractivity contribution in [1.82, 2.24) is 9.80 Å². The molecule has 2 aromatic carbocycles. The van der Waals surface area contributed by atoms with Crippen molar-refractivity contribution in [1.29, 1.82) is 0 Å². The molecule has 0 unspecified atom stereocenters.